The van der Waals surface area contributed by atoms with Gasteiger partial charge in [-0.25, -0.2) is 0 Å². The summed E-state index contributed by atoms with van der Waals surface area (Å²) in [5.41, 5.74) is 0.716. The Kier molecular flexibility index (Phi) is 5.67. The molecule has 1 aromatic rings. The van der Waals surface area contributed by atoms with E-state index in [0.29, 0.717) is 11.5 Å². The fourth-order valence-electron chi connectivity index (χ4n) is 1.66. The number of hydrogen-bond acceptors (Lipinski definition) is 1. The number of amides is 1. The van der Waals surface area contributed by atoms with Crippen molar-refractivity contribution in [1.29, 1.82) is 0 Å². The number of hydrogen-bond donors (Lipinski definition) is 0. The summed E-state index contributed by atoms with van der Waals surface area (Å²) in [7, 11) is 0. The van der Waals surface area contributed by atoms with Crippen molar-refractivity contribution in [2.45, 2.75) is 20.8 Å². The number of nitrogens with zero attached hydrogens (tertiary/aromatic N) is 1. The Morgan fingerprint density at radius 1 is 1.24 bits per heavy atom. The maximum Gasteiger partial charge on any atom is 0.253 e. The van der Waals surface area contributed by atoms with Gasteiger partial charge in [0.05, 0.1) is 0 Å². The molecule has 17 heavy (non-hydrogen) atoms. The van der Waals surface area contributed by atoms with E-state index in [9.17, 15) is 4.79 Å². The molecule has 0 radical (unpaired) electrons. The summed E-state index contributed by atoms with van der Waals surface area (Å²) in [6.45, 7) is 7.77. The summed E-state index contributed by atoms with van der Waals surface area (Å²) in [4.78, 5) is 14.2. The van der Waals surface area contributed by atoms with E-state index in [1.165, 1.54) is 0 Å². The highest BCUT2D eigenvalue weighted by Gasteiger charge is 2.15. The van der Waals surface area contributed by atoms with E-state index in [0.717, 1.165) is 22.0 Å². The van der Waals surface area contributed by atoms with E-state index in [4.69, 9.17) is 0 Å². The van der Waals surface area contributed by atoms with Gasteiger partial charge in [0.15, 0.2) is 0 Å². The molecule has 0 N–H and O–H groups in total. The van der Waals surface area contributed by atoms with Gasteiger partial charge < -0.3 is 4.90 Å². The molecule has 94 valence electrons. The largest absolute Gasteiger partial charge is 0.339 e. The maximum absolute atomic E-state index is 12.3. The van der Waals surface area contributed by atoms with Crippen molar-refractivity contribution in [3.8, 4) is 0 Å². The quantitative estimate of drug-likeness (QED) is 0.780. The Hall–Kier alpha value is -0.350. The lowest BCUT2D eigenvalue weighted by molar-refractivity contribution is 0.0745. The highest BCUT2D eigenvalue weighted by molar-refractivity contribution is 9.11. The van der Waals surface area contributed by atoms with Gasteiger partial charge >= 0.3 is 0 Å². The van der Waals surface area contributed by atoms with Gasteiger partial charge in [-0.2, -0.15) is 0 Å². The standard InChI is InChI=1S/C13H17Br2NO/c1-4-16(8-9(2)3)13(17)10-5-11(14)7-12(15)6-10/h5-7,9H,4,8H2,1-3H3. The Bertz CT molecular complexity index is 384. The van der Waals surface area contributed by atoms with E-state index in [1.807, 2.05) is 30.0 Å². The smallest absolute Gasteiger partial charge is 0.253 e. The summed E-state index contributed by atoms with van der Waals surface area (Å²) in [5.74, 6) is 0.567. The number of halogens is 2. The molecule has 0 aliphatic rings. The van der Waals surface area contributed by atoms with Gasteiger partial charge in [-0.1, -0.05) is 45.7 Å². The molecule has 0 bridgehead atoms. The van der Waals surface area contributed by atoms with Gasteiger partial charge in [0.1, 0.15) is 0 Å². The molecule has 0 aliphatic heterocycles. The molecule has 1 aromatic carbocycles. The highest BCUT2D eigenvalue weighted by Crippen LogP contribution is 2.21. The van der Waals surface area contributed by atoms with Crippen LogP contribution in [0.15, 0.2) is 27.1 Å². The average molecular weight is 363 g/mol. The molecule has 2 nitrogen and oxygen atoms in total. The SMILES string of the molecule is CCN(CC(C)C)C(=O)c1cc(Br)cc(Br)c1. The lowest BCUT2D eigenvalue weighted by Gasteiger charge is -2.23. The van der Waals surface area contributed by atoms with Crippen molar-refractivity contribution in [3.63, 3.8) is 0 Å². The lowest BCUT2D eigenvalue weighted by Crippen LogP contribution is -2.34. The van der Waals surface area contributed by atoms with Crippen LogP contribution in [0.3, 0.4) is 0 Å². The second kappa shape index (κ2) is 6.55. The van der Waals surface area contributed by atoms with Crippen LogP contribution in [0.5, 0.6) is 0 Å². The Labute approximate surface area is 120 Å². The monoisotopic (exact) mass is 361 g/mol. The molecule has 1 amide bonds. The van der Waals surface area contributed by atoms with Gasteiger partial charge in [-0.05, 0) is 31.0 Å². The predicted molar refractivity (Wildman–Crippen MR) is 78.3 cm³/mol. The van der Waals surface area contributed by atoms with Crippen molar-refractivity contribution in [2.75, 3.05) is 13.1 Å². The third kappa shape index (κ3) is 4.43. The predicted octanol–water partition coefficient (Wildman–Crippen LogP) is 4.33. The molecule has 4 heteroatoms. The number of benzene rings is 1. The minimum Gasteiger partial charge on any atom is -0.339 e. The van der Waals surface area contributed by atoms with Crippen LogP contribution >= 0.6 is 31.9 Å². The fraction of sp³-hybridized carbons (Fsp3) is 0.462. The average Bonchev–Trinajstić information content (AvgIpc) is 2.23. The first kappa shape index (κ1) is 14.7. The third-order valence-electron chi connectivity index (χ3n) is 2.36. The van der Waals surface area contributed by atoms with E-state index in [1.54, 1.807) is 0 Å². The first-order chi connectivity index (χ1) is 7.93. The molecule has 0 heterocycles. The van der Waals surface area contributed by atoms with E-state index in [2.05, 4.69) is 45.7 Å². The zero-order valence-corrected chi connectivity index (χ0v) is 13.5. The van der Waals surface area contributed by atoms with Crippen molar-refractivity contribution in [1.82, 2.24) is 4.90 Å². The molecule has 0 unspecified atom stereocenters. The second-order valence-electron chi connectivity index (χ2n) is 4.40. The molecule has 0 saturated carbocycles. The van der Waals surface area contributed by atoms with Gasteiger partial charge in [0, 0.05) is 27.6 Å². The number of carbonyl (C=O) groups is 1. The molecular formula is C13H17Br2NO. The molecule has 0 saturated heterocycles. The van der Waals surface area contributed by atoms with Crippen molar-refractivity contribution < 1.29 is 4.79 Å². The van der Waals surface area contributed by atoms with Crippen molar-refractivity contribution >= 4 is 37.8 Å². The van der Waals surface area contributed by atoms with Crippen LogP contribution in [-0.2, 0) is 0 Å². The Balaban J connectivity index is 2.93. The lowest BCUT2D eigenvalue weighted by atomic mass is 10.1. The van der Waals surface area contributed by atoms with Crippen LogP contribution in [0.25, 0.3) is 0 Å². The third-order valence-corrected chi connectivity index (χ3v) is 3.28. The highest BCUT2D eigenvalue weighted by atomic mass is 79.9. The van der Waals surface area contributed by atoms with E-state index in [-0.39, 0.29) is 5.91 Å². The fourth-order valence-corrected chi connectivity index (χ4v) is 2.95. The van der Waals surface area contributed by atoms with E-state index < -0.39 is 0 Å². The number of carbonyl (C=O) groups excluding carboxylic acids is 1. The van der Waals surface area contributed by atoms with Gasteiger partial charge in [-0.3, -0.25) is 4.79 Å². The molecule has 0 atom stereocenters. The zero-order chi connectivity index (χ0) is 13.0. The summed E-state index contributed by atoms with van der Waals surface area (Å²) in [5, 5.41) is 0. The molecule has 0 fully saturated rings. The van der Waals surface area contributed by atoms with Crippen LogP contribution in [-0.4, -0.2) is 23.9 Å². The molecule has 0 aromatic heterocycles. The summed E-state index contributed by atoms with van der Waals surface area (Å²) in [6.07, 6.45) is 0. The van der Waals surface area contributed by atoms with Crippen molar-refractivity contribution in [3.05, 3.63) is 32.7 Å². The summed E-state index contributed by atoms with van der Waals surface area (Å²) >= 11 is 6.80. The molecular weight excluding hydrogens is 346 g/mol. The summed E-state index contributed by atoms with van der Waals surface area (Å²) < 4.78 is 1.83. The number of rotatable bonds is 4. The van der Waals surface area contributed by atoms with Crippen molar-refractivity contribution in [2.24, 2.45) is 5.92 Å². The molecule has 0 aliphatic carbocycles. The second-order valence-corrected chi connectivity index (χ2v) is 6.23. The first-order valence-electron chi connectivity index (χ1n) is 5.69. The molecule has 1 rings (SSSR count). The van der Waals surface area contributed by atoms with E-state index >= 15 is 0 Å². The summed E-state index contributed by atoms with van der Waals surface area (Å²) in [6, 6.07) is 5.64. The first-order valence-corrected chi connectivity index (χ1v) is 7.28. The minimum absolute atomic E-state index is 0.0863. The van der Waals surface area contributed by atoms with Gasteiger partial charge in [-0.15, -0.1) is 0 Å². The normalized spacial score (nSPS) is 10.7. The van der Waals surface area contributed by atoms with Crippen LogP contribution in [0.4, 0.5) is 0 Å². The Morgan fingerprint density at radius 3 is 2.18 bits per heavy atom. The van der Waals surface area contributed by atoms with Crippen LogP contribution in [0.1, 0.15) is 31.1 Å². The molecule has 0 spiro atoms. The van der Waals surface area contributed by atoms with Crippen LogP contribution in [0.2, 0.25) is 0 Å². The zero-order valence-electron chi connectivity index (χ0n) is 10.3. The minimum atomic E-state index is 0.0863. The maximum atomic E-state index is 12.3. The van der Waals surface area contributed by atoms with Gasteiger partial charge in [0.25, 0.3) is 5.91 Å². The topological polar surface area (TPSA) is 20.3 Å². The Morgan fingerprint density at radius 2 is 1.76 bits per heavy atom. The van der Waals surface area contributed by atoms with Gasteiger partial charge in [0.2, 0.25) is 0 Å². The van der Waals surface area contributed by atoms with Crippen LogP contribution in [0, 0.1) is 5.92 Å². The van der Waals surface area contributed by atoms with Crippen LogP contribution < -0.4 is 0 Å².